The van der Waals surface area contributed by atoms with Crippen molar-refractivity contribution in [2.24, 2.45) is 5.92 Å². The molecule has 184 valence electrons. The first-order valence-electron chi connectivity index (χ1n) is 12.4. The van der Waals surface area contributed by atoms with Crippen LogP contribution in [-0.2, 0) is 11.2 Å². The standard InChI is InChI=1S/C29H37FO3S/c1-20(2)9-11-22-18-25(23-7-4-5-8-23)29(33-15-6-14-30)26(19-22)24-13-16-34-27(24)12-10-21(3)17-28(31)32/h10,12-13,16-20,23H,4-9,11,14-15H2,1-3H3,(H,31,32). The zero-order chi connectivity index (χ0) is 24.5. The van der Waals surface area contributed by atoms with Crippen LogP contribution < -0.4 is 4.74 Å². The lowest BCUT2D eigenvalue weighted by molar-refractivity contribution is -0.131. The Labute approximate surface area is 207 Å². The second-order valence-corrected chi connectivity index (χ2v) is 10.6. The van der Waals surface area contributed by atoms with E-state index >= 15 is 0 Å². The number of thiophene rings is 1. The third-order valence-electron chi connectivity index (χ3n) is 6.34. The molecule has 1 heterocycles. The zero-order valence-corrected chi connectivity index (χ0v) is 21.4. The minimum absolute atomic E-state index is 0.365. The Bertz CT molecular complexity index is 1010. The number of ether oxygens (including phenoxy) is 1. The number of alkyl halides is 1. The highest BCUT2D eigenvalue weighted by Crippen LogP contribution is 2.46. The van der Waals surface area contributed by atoms with Crippen LogP contribution in [0, 0.1) is 5.92 Å². The molecular weight excluding hydrogens is 447 g/mol. The van der Waals surface area contributed by atoms with Crippen molar-refractivity contribution >= 4 is 23.4 Å². The number of benzene rings is 1. The van der Waals surface area contributed by atoms with Gasteiger partial charge in [0.1, 0.15) is 5.75 Å². The second kappa shape index (κ2) is 12.9. The zero-order valence-electron chi connectivity index (χ0n) is 20.6. The summed E-state index contributed by atoms with van der Waals surface area (Å²) in [7, 11) is 0. The van der Waals surface area contributed by atoms with E-state index in [0.717, 1.165) is 34.6 Å². The van der Waals surface area contributed by atoms with Crippen molar-refractivity contribution < 1.29 is 19.0 Å². The predicted molar refractivity (Wildman–Crippen MR) is 141 cm³/mol. The van der Waals surface area contributed by atoms with Gasteiger partial charge in [0.05, 0.1) is 13.3 Å². The van der Waals surface area contributed by atoms with Crippen LogP contribution in [0.5, 0.6) is 5.75 Å². The Kier molecular flexibility index (Phi) is 9.94. The van der Waals surface area contributed by atoms with Gasteiger partial charge in [-0.25, -0.2) is 4.79 Å². The summed E-state index contributed by atoms with van der Waals surface area (Å²) in [6.07, 6.45) is 12.4. The lowest BCUT2D eigenvalue weighted by Crippen LogP contribution is -2.07. The van der Waals surface area contributed by atoms with E-state index in [0.29, 0.717) is 30.4 Å². The highest BCUT2D eigenvalue weighted by Gasteiger charge is 2.25. The molecule has 1 aromatic carbocycles. The summed E-state index contributed by atoms with van der Waals surface area (Å²) >= 11 is 1.63. The van der Waals surface area contributed by atoms with Gasteiger partial charge < -0.3 is 9.84 Å². The van der Waals surface area contributed by atoms with Crippen molar-refractivity contribution in [3.63, 3.8) is 0 Å². The third-order valence-corrected chi connectivity index (χ3v) is 7.22. The number of allylic oxidation sites excluding steroid dienone is 2. The first-order chi connectivity index (χ1) is 16.4. The fourth-order valence-corrected chi connectivity index (χ4v) is 5.37. The molecule has 1 fully saturated rings. The summed E-state index contributed by atoms with van der Waals surface area (Å²) in [5, 5.41) is 11.1. The minimum Gasteiger partial charge on any atom is -0.493 e. The average molecular weight is 485 g/mol. The summed E-state index contributed by atoms with van der Waals surface area (Å²) in [6, 6.07) is 6.71. The maximum atomic E-state index is 12.9. The SMILES string of the molecule is CC(C=Cc1sccc1-c1cc(CCC(C)C)cc(C2CCCC2)c1OCCCF)=CC(=O)O. The Hall–Kier alpha value is -2.40. The Balaban J connectivity index is 2.09. The van der Waals surface area contributed by atoms with Gasteiger partial charge in [-0.2, -0.15) is 0 Å². The molecule has 0 unspecified atom stereocenters. The molecule has 1 saturated carbocycles. The number of halogens is 1. The van der Waals surface area contributed by atoms with E-state index in [2.05, 4.69) is 37.4 Å². The molecule has 1 N–H and O–H groups in total. The number of aliphatic carboxylic acids is 1. The number of hydrogen-bond acceptors (Lipinski definition) is 3. The first kappa shape index (κ1) is 26.2. The fourth-order valence-electron chi connectivity index (χ4n) is 4.57. The molecule has 1 aliphatic rings. The summed E-state index contributed by atoms with van der Waals surface area (Å²) in [4.78, 5) is 12.1. The van der Waals surface area contributed by atoms with Crippen LogP contribution in [0.2, 0.25) is 0 Å². The predicted octanol–water partition coefficient (Wildman–Crippen LogP) is 8.44. The van der Waals surface area contributed by atoms with Gasteiger partial charge >= 0.3 is 5.97 Å². The topological polar surface area (TPSA) is 46.5 Å². The molecule has 34 heavy (non-hydrogen) atoms. The Morgan fingerprint density at radius 1 is 1.26 bits per heavy atom. The smallest absolute Gasteiger partial charge is 0.328 e. The Morgan fingerprint density at radius 3 is 2.71 bits per heavy atom. The molecule has 0 atom stereocenters. The first-order valence-corrected chi connectivity index (χ1v) is 13.3. The van der Waals surface area contributed by atoms with Crippen LogP contribution in [0.3, 0.4) is 0 Å². The molecule has 3 rings (SSSR count). The van der Waals surface area contributed by atoms with Crippen LogP contribution in [-0.4, -0.2) is 24.4 Å². The lowest BCUT2D eigenvalue weighted by Gasteiger charge is -2.22. The normalized spacial score (nSPS) is 15.0. The van der Waals surface area contributed by atoms with E-state index in [-0.39, 0.29) is 6.67 Å². The monoisotopic (exact) mass is 484 g/mol. The van der Waals surface area contributed by atoms with E-state index in [4.69, 9.17) is 9.84 Å². The van der Waals surface area contributed by atoms with Crippen LogP contribution in [0.4, 0.5) is 4.39 Å². The van der Waals surface area contributed by atoms with Gasteiger partial charge in [0.15, 0.2) is 0 Å². The van der Waals surface area contributed by atoms with Crippen molar-refractivity contribution in [2.45, 2.75) is 71.6 Å². The average Bonchev–Trinajstić information content (AvgIpc) is 3.48. The van der Waals surface area contributed by atoms with Gasteiger partial charge in [0.25, 0.3) is 0 Å². The van der Waals surface area contributed by atoms with Crippen molar-refractivity contribution in [2.75, 3.05) is 13.3 Å². The molecular formula is C29H37FO3S. The van der Waals surface area contributed by atoms with Crippen molar-refractivity contribution in [1.82, 2.24) is 0 Å². The van der Waals surface area contributed by atoms with Gasteiger partial charge in [0, 0.05) is 28.5 Å². The minimum atomic E-state index is -0.948. The van der Waals surface area contributed by atoms with Crippen LogP contribution in [0.1, 0.15) is 81.2 Å². The molecule has 5 heteroatoms. The molecule has 0 aliphatic heterocycles. The second-order valence-electron chi connectivity index (χ2n) is 9.63. The largest absolute Gasteiger partial charge is 0.493 e. The van der Waals surface area contributed by atoms with Crippen LogP contribution in [0.25, 0.3) is 17.2 Å². The van der Waals surface area contributed by atoms with Gasteiger partial charge in [0.2, 0.25) is 0 Å². The van der Waals surface area contributed by atoms with E-state index in [9.17, 15) is 9.18 Å². The van der Waals surface area contributed by atoms with E-state index < -0.39 is 5.97 Å². The number of carbonyl (C=O) groups is 1. The summed E-state index contributed by atoms with van der Waals surface area (Å²) in [6.45, 7) is 6.27. The molecule has 3 nitrogen and oxygen atoms in total. The molecule has 0 spiro atoms. The maximum Gasteiger partial charge on any atom is 0.328 e. The van der Waals surface area contributed by atoms with Gasteiger partial charge in [-0.05, 0) is 84.7 Å². The van der Waals surface area contributed by atoms with Crippen LogP contribution in [0.15, 0.2) is 41.3 Å². The molecule has 0 amide bonds. The molecule has 1 aliphatic carbocycles. The summed E-state index contributed by atoms with van der Waals surface area (Å²) in [5.74, 6) is 1.06. The number of rotatable bonds is 12. The van der Waals surface area contributed by atoms with E-state index in [1.807, 2.05) is 12.2 Å². The molecule has 0 bridgehead atoms. The van der Waals surface area contributed by atoms with Crippen molar-refractivity contribution in [3.8, 4) is 16.9 Å². The van der Waals surface area contributed by atoms with Crippen molar-refractivity contribution in [1.29, 1.82) is 0 Å². The number of aryl methyl sites for hydroxylation is 1. The third kappa shape index (κ3) is 7.30. The molecule has 2 aromatic rings. The van der Waals surface area contributed by atoms with E-state index in [1.165, 1.54) is 42.9 Å². The number of carboxylic acid groups (broad SMARTS) is 1. The van der Waals surface area contributed by atoms with Crippen molar-refractivity contribution in [3.05, 3.63) is 57.3 Å². The summed E-state index contributed by atoms with van der Waals surface area (Å²) in [5.41, 5.74) is 5.44. The maximum absolute atomic E-state index is 12.9. The Morgan fingerprint density at radius 2 is 2.03 bits per heavy atom. The van der Waals surface area contributed by atoms with Gasteiger partial charge in [-0.15, -0.1) is 11.3 Å². The molecule has 1 aromatic heterocycles. The van der Waals surface area contributed by atoms with Crippen LogP contribution >= 0.6 is 11.3 Å². The highest BCUT2D eigenvalue weighted by molar-refractivity contribution is 7.11. The van der Waals surface area contributed by atoms with Gasteiger partial charge in [-0.3, -0.25) is 4.39 Å². The quantitative estimate of drug-likeness (QED) is 0.187. The summed E-state index contributed by atoms with van der Waals surface area (Å²) < 4.78 is 19.2. The highest BCUT2D eigenvalue weighted by atomic mass is 32.1. The van der Waals surface area contributed by atoms with Gasteiger partial charge in [-0.1, -0.05) is 38.8 Å². The number of carboxylic acids is 1. The number of hydrogen-bond donors (Lipinski definition) is 1. The fraction of sp³-hybridized carbons (Fsp3) is 0.483. The lowest BCUT2D eigenvalue weighted by atomic mass is 9.88. The van der Waals surface area contributed by atoms with E-state index in [1.54, 1.807) is 18.3 Å². The molecule has 0 radical (unpaired) electrons. The molecule has 0 saturated heterocycles.